The zero-order valence-electron chi connectivity index (χ0n) is 25.0. The lowest BCUT2D eigenvalue weighted by Gasteiger charge is -2.09. The Bertz CT molecular complexity index is 1420. The Morgan fingerprint density at radius 3 is 2.09 bits per heavy atom. The van der Waals surface area contributed by atoms with Gasteiger partial charge in [-0.15, -0.1) is 6.58 Å². The predicted octanol–water partition coefficient (Wildman–Crippen LogP) is 5.87. The Labute approximate surface area is 258 Å². The van der Waals surface area contributed by atoms with Gasteiger partial charge >= 0.3 is 11.9 Å². The minimum Gasteiger partial charge on any atom is -0.457 e. The van der Waals surface area contributed by atoms with E-state index in [0.717, 1.165) is 23.1 Å². The van der Waals surface area contributed by atoms with Crippen molar-refractivity contribution in [2.45, 2.75) is 39.5 Å². The minimum atomic E-state index is -0.990. The first kappa shape index (κ1) is 35.3. The lowest BCUT2D eigenvalue weighted by Crippen LogP contribution is -2.12. The lowest BCUT2D eigenvalue weighted by atomic mass is 10.0. The molecule has 0 amide bonds. The Balaban J connectivity index is 0.00000159. The summed E-state index contributed by atoms with van der Waals surface area (Å²) < 4.78 is 10.2. The van der Waals surface area contributed by atoms with Crippen molar-refractivity contribution in [2.75, 3.05) is 20.0 Å². The predicted molar refractivity (Wildman–Crippen MR) is 166 cm³/mol. The monoisotopic (exact) mass is 602 g/mol. The summed E-state index contributed by atoms with van der Waals surface area (Å²) in [6.45, 7) is 9.20. The molecule has 0 radical (unpaired) electrons. The average Bonchev–Trinajstić information content (AvgIpc) is 3.04. The lowest BCUT2D eigenvalue weighted by molar-refractivity contribution is -0.435. The standard InChI is InChI=1S/C32H32O8.C3H6O/c1-4-5-6-7-25-10-14-28(15-11-25)29-16-12-26(13-17-29)8-9-27-18-30(37-22-36-24(3)34)20-31(19-27)38-40-39-32(35)23(2)21-33;1-2-3-4/h10-20,33H,2,4-7,21-22H2,1,3H3;2,4H,1,3H2. The second-order valence-corrected chi connectivity index (χ2v) is 9.33. The van der Waals surface area contributed by atoms with Gasteiger partial charge in [0.2, 0.25) is 6.79 Å². The molecule has 0 saturated carbocycles. The summed E-state index contributed by atoms with van der Waals surface area (Å²) in [5, 5.41) is 21.2. The van der Waals surface area contributed by atoms with E-state index in [-0.39, 0.29) is 30.5 Å². The normalized spacial score (nSPS) is 9.82. The smallest absolute Gasteiger partial charge is 0.375 e. The zero-order valence-corrected chi connectivity index (χ0v) is 25.0. The number of aliphatic hydroxyl groups is 2. The molecular weight excluding hydrogens is 564 g/mol. The van der Waals surface area contributed by atoms with Crippen LogP contribution in [0.4, 0.5) is 0 Å². The van der Waals surface area contributed by atoms with Crippen LogP contribution in [0, 0.1) is 11.8 Å². The van der Waals surface area contributed by atoms with Gasteiger partial charge in [-0.2, -0.15) is 0 Å². The van der Waals surface area contributed by atoms with Crippen molar-refractivity contribution in [1.82, 2.24) is 0 Å². The van der Waals surface area contributed by atoms with Gasteiger partial charge in [-0.1, -0.05) is 80.7 Å². The van der Waals surface area contributed by atoms with Crippen molar-refractivity contribution in [1.29, 1.82) is 0 Å². The molecule has 9 nitrogen and oxygen atoms in total. The van der Waals surface area contributed by atoms with Gasteiger partial charge in [0.25, 0.3) is 0 Å². The quantitative estimate of drug-likeness (QED) is 0.0341. The molecule has 0 aliphatic rings. The molecule has 0 aliphatic carbocycles. The minimum absolute atomic E-state index is 0.0833. The summed E-state index contributed by atoms with van der Waals surface area (Å²) in [5.41, 5.74) is 4.66. The molecule has 0 atom stereocenters. The maximum absolute atomic E-state index is 11.6. The molecule has 9 heteroatoms. The summed E-state index contributed by atoms with van der Waals surface area (Å²) in [6.07, 6.45) is 6.20. The zero-order chi connectivity index (χ0) is 32.2. The van der Waals surface area contributed by atoms with Crippen LogP contribution in [0.5, 0.6) is 11.5 Å². The van der Waals surface area contributed by atoms with E-state index in [1.165, 1.54) is 50.0 Å². The van der Waals surface area contributed by atoms with E-state index >= 15 is 0 Å². The first-order chi connectivity index (χ1) is 21.3. The number of benzene rings is 3. The van der Waals surface area contributed by atoms with E-state index in [1.54, 1.807) is 6.07 Å². The number of ether oxygens (including phenoxy) is 2. The third kappa shape index (κ3) is 13.4. The SMILES string of the molecule is C=C(CO)C(=O)OOOc1cc(C#Cc2ccc(-c3ccc(CCCCC)cc3)cc2)cc(OCOC(C)=O)c1.C=CCO. The number of hydrogen-bond acceptors (Lipinski definition) is 9. The summed E-state index contributed by atoms with van der Waals surface area (Å²) in [4.78, 5) is 32.0. The molecule has 3 aromatic carbocycles. The van der Waals surface area contributed by atoms with Crippen LogP contribution >= 0.6 is 0 Å². The van der Waals surface area contributed by atoms with Gasteiger partial charge in [0.1, 0.15) is 5.75 Å². The van der Waals surface area contributed by atoms with Crippen LogP contribution in [0.15, 0.2) is 91.5 Å². The van der Waals surface area contributed by atoms with Gasteiger partial charge in [-0.3, -0.25) is 14.6 Å². The van der Waals surface area contributed by atoms with Gasteiger partial charge in [0.15, 0.2) is 5.75 Å². The van der Waals surface area contributed by atoms with E-state index in [0.29, 0.717) is 5.56 Å². The van der Waals surface area contributed by atoms with E-state index in [2.05, 4.69) is 66.1 Å². The fourth-order valence-electron chi connectivity index (χ4n) is 3.50. The molecule has 0 heterocycles. The van der Waals surface area contributed by atoms with Crippen LogP contribution in [-0.4, -0.2) is 42.2 Å². The van der Waals surface area contributed by atoms with Crippen molar-refractivity contribution in [3.63, 3.8) is 0 Å². The van der Waals surface area contributed by atoms with Crippen LogP contribution in [0.25, 0.3) is 11.1 Å². The molecular formula is C35H38O9. The van der Waals surface area contributed by atoms with E-state index in [1.807, 2.05) is 24.3 Å². The molecule has 0 aromatic heterocycles. The van der Waals surface area contributed by atoms with Crippen molar-refractivity contribution >= 4 is 11.9 Å². The third-order valence-electron chi connectivity index (χ3n) is 5.81. The number of aliphatic hydroxyl groups excluding tert-OH is 2. The van der Waals surface area contributed by atoms with Crippen LogP contribution in [0.1, 0.15) is 49.8 Å². The maximum Gasteiger partial charge on any atom is 0.375 e. The number of carbonyl (C=O) groups excluding carboxylic acids is 2. The highest BCUT2D eigenvalue weighted by molar-refractivity contribution is 5.87. The summed E-state index contributed by atoms with van der Waals surface area (Å²) in [5.74, 6) is 5.00. The number of unbranched alkanes of at least 4 members (excludes halogenated alkanes) is 2. The van der Waals surface area contributed by atoms with Crippen molar-refractivity contribution in [3.8, 4) is 34.5 Å². The highest BCUT2D eigenvalue weighted by atomic mass is 17.5. The van der Waals surface area contributed by atoms with Crippen LogP contribution in [0.3, 0.4) is 0 Å². The average molecular weight is 603 g/mol. The van der Waals surface area contributed by atoms with Crippen molar-refractivity contribution in [2.24, 2.45) is 0 Å². The third-order valence-corrected chi connectivity index (χ3v) is 5.81. The van der Waals surface area contributed by atoms with Gasteiger partial charge in [-0.05, 0) is 47.7 Å². The number of esters is 1. The fraction of sp³-hybridized carbons (Fsp3) is 0.257. The van der Waals surface area contributed by atoms with Crippen molar-refractivity contribution in [3.05, 3.63) is 108 Å². The van der Waals surface area contributed by atoms with Crippen molar-refractivity contribution < 1.29 is 44.1 Å². The molecule has 0 spiro atoms. The van der Waals surface area contributed by atoms with Gasteiger partial charge in [0.05, 0.1) is 18.8 Å². The molecule has 0 aliphatic heterocycles. The van der Waals surface area contributed by atoms with E-state index < -0.39 is 18.5 Å². The van der Waals surface area contributed by atoms with E-state index in [4.69, 9.17) is 24.6 Å². The second-order valence-electron chi connectivity index (χ2n) is 9.33. The Hall–Kier alpha value is -4.88. The Kier molecular flexibility index (Phi) is 16.1. The Morgan fingerprint density at radius 2 is 1.50 bits per heavy atom. The molecule has 0 bridgehead atoms. The largest absolute Gasteiger partial charge is 0.457 e. The van der Waals surface area contributed by atoms with Gasteiger partial charge in [0, 0.05) is 35.2 Å². The number of hydrogen-bond donors (Lipinski definition) is 2. The highest BCUT2D eigenvalue weighted by Crippen LogP contribution is 2.24. The summed E-state index contributed by atoms with van der Waals surface area (Å²) >= 11 is 0. The van der Waals surface area contributed by atoms with Crippen LogP contribution in [-0.2, 0) is 30.7 Å². The first-order valence-electron chi connectivity index (χ1n) is 14.0. The number of carbonyl (C=O) groups is 2. The van der Waals surface area contributed by atoms with Crippen LogP contribution < -0.4 is 9.62 Å². The molecule has 3 rings (SSSR count). The summed E-state index contributed by atoms with van der Waals surface area (Å²) in [7, 11) is 0. The maximum atomic E-state index is 11.6. The molecule has 0 saturated heterocycles. The molecule has 2 N–H and O–H groups in total. The van der Waals surface area contributed by atoms with Crippen LogP contribution in [0.2, 0.25) is 0 Å². The van der Waals surface area contributed by atoms with E-state index in [9.17, 15) is 9.59 Å². The molecule has 232 valence electrons. The fourth-order valence-corrected chi connectivity index (χ4v) is 3.50. The summed E-state index contributed by atoms with van der Waals surface area (Å²) in [6, 6.07) is 21.2. The number of rotatable bonds is 14. The first-order valence-corrected chi connectivity index (χ1v) is 14.0. The highest BCUT2D eigenvalue weighted by Gasteiger charge is 2.11. The Morgan fingerprint density at radius 1 is 0.886 bits per heavy atom. The molecule has 0 unspecified atom stereocenters. The van der Waals surface area contributed by atoms with Gasteiger partial charge in [-0.25, -0.2) is 4.79 Å². The molecule has 3 aromatic rings. The van der Waals surface area contributed by atoms with Gasteiger partial charge < -0.3 is 19.7 Å². The second kappa shape index (κ2) is 20.1. The molecule has 44 heavy (non-hydrogen) atoms. The topological polar surface area (TPSA) is 121 Å². The molecule has 0 fully saturated rings. The number of aryl methyl sites for hydroxylation is 1.